The first-order valence-electron chi connectivity index (χ1n) is 8.82. The second kappa shape index (κ2) is 9.69. The van der Waals surface area contributed by atoms with Crippen molar-refractivity contribution in [3.05, 3.63) is 33.9 Å². The highest BCUT2D eigenvalue weighted by atomic mass is 19.4. The number of nitrogens with zero attached hydrogens (tertiary/aromatic N) is 2. The lowest BCUT2D eigenvalue weighted by Crippen LogP contribution is -2.56. The smallest absolute Gasteiger partial charge is 0.379 e. The molecular weight excluding hydrogens is 381 g/mol. The number of halogens is 3. The quantitative estimate of drug-likeness (QED) is 0.391. The van der Waals surface area contributed by atoms with Crippen LogP contribution in [0.4, 0.5) is 24.5 Å². The van der Waals surface area contributed by atoms with Crippen molar-refractivity contribution in [3.63, 3.8) is 0 Å². The molecule has 0 aliphatic carbocycles. The van der Waals surface area contributed by atoms with E-state index >= 15 is 0 Å². The highest BCUT2D eigenvalue weighted by Crippen LogP contribution is 2.25. The molecule has 2 rings (SSSR count). The maximum atomic E-state index is 12.6. The van der Waals surface area contributed by atoms with Crippen LogP contribution < -0.4 is 10.6 Å². The van der Waals surface area contributed by atoms with E-state index < -0.39 is 29.6 Å². The molecule has 1 aromatic carbocycles. The molecule has 2 N–H and O–H groups in total. The molecule has 0 saturated carbocycles. The molecule has 1 aliphatic heterocycles. The fourth-order valence-corrected chi connectivity index (χ4v) is 2.88. The van der Waals surface area contributed by atoms with Gasteiger partial charge in [0.1, 0.15) is 11.7 Å². The number of hydrogen-bond acceptors (Lipinski definition) is 6. The number of rotatable bonds is 8. The Morgan fingerprint density at radius 3 is 2.82 bits per heavy atom. The van der Waals surface area contributed by atoms with Crippen LogP contribution in [-0.2, 0) is 9.53 Å². The van der Waals surface area contributed by atoms with E-state index in [1.807, 2.05) is 0 Å². The molecule has 1 aromatic rings. The van der Waals surface area contributed by atoms with Gasteiger partial charge in [-0.3, -0.25) is 19.8 Å². The fraction of sp³-hybridized carbons (Fsp3) is 0.588. The summed E-state index contributed by atoms with van der Waals surface area (Å²) in [6.45, 7) is 1.28. The Kier molecular flexibility index (Phi) is 7.58. The van der Waals surface area contributed by atoms with Crippen molar-refractivity contribution in [2.24, 2.45) is 0 Å². The summed E-state index contributed by atoms with van der Waals surface area (Å²) in [5, 5.41) is 16.6. The van der Waals surface area contributed by atoms with Crippen LogP contribution in [0.5, 0.6) is 0 Å². The van der Waals surface area contributed by atoms with E-state index in [2.05, 4.69) is 10.6 Å². The Bertz CT molecular complexity index is 699. The van der Waals surface area contributed by atoms with Gasteiger partial charge in [0.25, 0.3) is 5.69 Å². The molecule has 1 saturated heterocycles. The predicted octanol–water partition coefficient (Wildman–Crippen LogP) is 2.08. The summed E-state index contributed by atoms with van der Waals surface area (Å²) in [6.07, 6.45) is -3.94. The van der Waals surface area contributed by atoms with Crippen LogP contribution in [-0.4, -0.2) is 67.3 Å². The second-order valence-electron chi connectivity index (χ2n) is 6.53. The van der Waals surface area contributed by atoms with Gasteiger partial charge in [0.2, 0.25) is 5.91 Å². The Balaban J connectivity index is 1.78. The molecule has 11 heteroatoms. The van der Waals surface area contributed by atoms with Gasteiger partial charge in [-0.2, -0.15) is 13.2 Å². The predicted molar refractivity (Wildman–Crippen MR) is 96.2 cm³/mol. The SMILES string of the molecule is Cc1ccc(NCCCNC(=O)C2COCCN2CC(F)(F)F)c([N+](=O)[O-])c1. The largest absolute Gasteiger partial charge is 0.401 e. The van der Waals surface area contributed by atoms with Gasteiger partial charge in [0, 0.05) is 25.7 Å². The summed E-state index contributed by atoms with van der Waals surface area (Å²) in [4.78, 5) is 23.9. The molecule has 0 spiro atoms. The van der Waals surface area contributed by atoms with Crippen molar-refractivity contribution in [3.8, 4) is 0 Å². The summed E-state index contributed by atoms with van der Waals surface area (Å²) in [7, 11) is 0. The number of nitro groups is 1. The van der Waals surface area contributed by atoms with E-state index in [9.17, 15) is 28.1 Å². The Labute approximate surface area is 160 Å². The number of nitro benzene ring substituents is 1. The number of amides is 1. The van der Waals surface area contributed by atoms with Gasteiger partial charge in [-0.1, -0.05) is 6.07 Å². The van der Waals surface area contributed by atoms with Crippen molar-refractivity contribution in [1.29, 1.82) is 0 Å². The minimum atomic E-state index is -4.39. The van der Waals surface area contributed by atoms with Gasteiger partial charge in [0.05, 0.1) is 24.7 Å². The topological polar surface area (TPSA) is 96.7 Å². The molecule has 1 aliphatic rings. The third-order valence-electron chi connectivity index (χ3n) is 4.24. The molecule has 156 valence electrons. The van der Waals surface area contributed by atoms with Crippen molar-refractivity contribution in [2.75, 3.05) is 44.7 Å². The van der Waals surface area contributed by atoms with Crippen LogP contribution >= 0.6 is 0 Å². The molecule has 1 atom stereocenters. The Morgan fingerprint density at radius 1 is 1.39 bits per heavy atom. The number of carbonyl (C=O) groups excluding carboxylic acids is 1. The first-order valence-corrected chi connectivity index (χ1v) is 8.82. The number of nitrogens with one attached hydrogen (secondary N) is 2. The molecule has 0 radical (unpaired) electrons. The molecule has 28 heavy (non-hydrogen) atoms. The first-order chi connectivity index (χ1) is 13.2. The molecule has 8 nitrogen and oxygen atoms in total. The summed E-state index contributed by atoms with van der Waals surface area (Å²) < 4.78 is 43.0. The zero-order valence-corrected chi connectivity index (χ0v) is 15.4. The van der Waals surface area contributed by atoms with E-state index in [0.717, 1.165) is 10.5 Å². The lowest BCUT2D eigenvalue weighted by atomic mass is 10.2. The molecule has 0 aromatic heterocycles. The molecule has 1 heterocycles. The minimum Gasteiger partial charge on any atom is -0.379 e. The number of anilines is 1. The van der Waals surface area contributed by atoms with Crippen LogP contribution in [0, 0.1) is 17.0 Å². The zero-order valence-electron chi connectivity index (χ0n) is 15.4. The number of alkyl halides is 3. The van der Waals surface area contributed by atoms with E-state index in [1.165, 1.54) is 6.07 Å². The lowest BCUT2D eigenvalue weighted by Gasteiger charge is -2.34. The van der Waals surface area contributed by atoms with Gasteiger partial charge in [0.15, 0.2) is 0 Å². The normalized spacial score (nSPS) is 17.9. The van der Waals surface area contributed by atoms with Crippen LogP contribution in [0.25, 0.3) is 0 Å². The van der Waals surface area contributed by atoms with E-state index in [4.69, 9.17) is 4.74 Å². The van der Waals surface area contributed by atoms with Crippen molar-refractivity contribution in [2.45, 2.75) is 25.6 Å². The molecule has 1 fully saturated rings. The second-order valence-corrected chi connectivity index (χ2v) is 6.53. The maximum Gasteiger partial charge on any atom is 0.401 e. The summed E-state index contributed by atoms with van der Waals surface area (Å²) >= 11 is 0. The minimum absolute atomic E-state index is 0.0359. The summed E-state index contributed by atoms with van der Waals surface area (Å²) in [5.74, 6) is -0.523. The summed E-state index contributed by atoms with van der Waals surface area (Å²) in [5.41, 5.74) is 1.10. The van der Waals surface area contributed by atoms with E-state index in [0.29, 0.717) is 18.7 Å². The van der Waals surface area contributed by atoms with Crippen LogP contribution in [0.2, 0.25) is 0 Å². The van der Waals surface area contributed by atoms with Gasteiger partial charge in [-0.05, 0) is 25.0 Å². The molecular formula is C17H23F3N4O4. The van der Waals surface area contributed by atoms with Gasteiger partial charge in [-0.15, -0.1) is 0 Å². The third-order valence-corrected chi connectivity index (χ3v) is 4.24. The number of morpholine rings is 1. The van der Waals surface area contributed by atoms with Gasteiger partial charge in [-0.25, -0.2) is 0 Å². The van der Waals surface area contributed by atoms with Crippen molar-refractivity contribution >= 4 is 17.3 Å². The van der Waals surface area contributed by atoms with Gasteiger partial charge < -0.3 is 15.4 Å². The van der Waals surface area contributed by atoms with Crippen LogP contribution in [0.15, 0.2) is 18.2 Å². The average molecular weight is 404 g/mol. The molecule has 1 amide bonds. The van der Waals surface area contributed by atoms with Crippen molar-refractivity contribution < 1.29 is 27.6 Å². The van der Waals surface area contributed by atoms with Crippen LogP contribution in [0.3, 0.4) is 0 Å². The number of carbonyl (C=O) groups is 1. The Morgan fingerprint density at radius 2 is 2.14 bits per heavy atom. The fourth-order valence-electron chi connectivity index (χ4n) is 2.88. The zero-order chi connectivity index (χ0) is 20.7. The Hall–Kier alpha value is -2.40. The average Bonchev–Trinajstić information content (AvgIpc) is 2.61. The lowest BCUT2D eigenvalue weighted by molar-refractivity contribution is -0.384. The van der Waals surface area contributed by atoms with Gasteiger partial charge >= 0.3 is 6.18 Å². The molecule has 1 unspecified atom stereocenters. The number of ether oxygens (including phenoxy) is 1. The monoisotopic (exact) mass is 404 g/mol. The highest BCUT2D eigenvalue weighted by molar-refractivity contribution is 5.82. The maximum absolute atomic E-state index is 12.6. The first kappa shape index (κ1) is 21.9. The van der Waals surface area contributed by atoms with Crippen molar-refractivity contribution in [1.82, 2.24) is 10.2 Å². The number of benzene rings is 1. The number of hydrogen-bond donors (Lipinski definition) is 2. The molecule has 0 bridgehead atoms. The third kappa shape index (κ3) is 6.64. The van der Waals surface area contributed by atoms with E-state index in [-0.39, 0.29) is 32.0 Å². The summed E-state index contributed by atoms with van der Waals surface area (Å²) in [6, 6.07) is 3.83. The standard InChI is InChI=1S/C17H23F3N4O4/c1-12-3-4-13(14(9-12)24(26)27)21-5-2-6-22-16(25)15-10-28-8-7-23(15)11-17(18,19)20/h3-4,9,15,21H,2,5-8,10-11H2,1H3,(H,22,25). The van der Waals surface area contributed by atoms with Crippen LogP contribution in [0.1, 0.15) is 12.0 Å². The highest BCUT2D eigenvalue weighted by Gasteiger charge is 2.38. The van der Waals surface area contributed by atoms with E-state index in [1.54, 1.807) is 19.1 Å². The number of aryl methyl sites for hydroxylation is 1.